The van der Waals surface area contributed by atoms with Gasteiger partial charge in [-0.25, -0.2) is 4.98 Å². The molecule has 0 bridgehead atoms. The van der Waals surface area contributed by atoms with Gasteiger partial charge in [0.2, 0.25) is 0 Å². The second kappa shape index (κ2) is 4.96. The lowest BCUT2D eigenvalue weighted by atomic mass is 10.4. The largest absolute Gasteiger partial charge is 0.395 e. The summed E-state index contributed by atoms with van der Waals surface area (Å²) in [6, 6.07) is 2.00. The molecule has 1 aromatic heterocycles. The maximum absolute atomic E-state index is 9.02. The minimum absolute atomic E-state index is 0.0642. The molecule has 0 spiro atoms. The Hall–Kier alpha value is -0.220. The van der Waals surface area contributed by atoms with Crippen LogP contribution < -0.4 is 4.90 Å². The zero-order chi connectivity index (χ0) is 11.7. The predicted octanol–water partition coefficient (Wildman–Crippen LogP) is 3.00. The minimum Gasteiger partial charge on any atom is -0.395 e. The topological polar surface area (TPSA) is 36.4 Å². The highest BCUT2D eigenvalue weighted by atomic mass is 35.5. The average molecular weight is 282 g/mol. The highest BCUT2D eigenvalue weighted by molar-refractivity contribution is 6.42. The van der Waals surface area contributed by atoms with Gasteiger partial charge in [-0.1, -0.05) is 34.8 Å². The number of anilines is 1. The first-order valence-electron chi connectivity index (χ1n) is 5.02. The molecule has 1 saturated carbocycles. The van der Waals surface area contributed by atoms with Crippen molar-refractivity contribution in [3.8, 4) is 0 Å². The second-order valence-corrected chi connectivity index (χ2v) is 4.89. The van der Waals surface area contributed by atoms with Crippen molar-refractivity contribution in [3.05, 3.63) is 21.3 Å². The van der Waals surface area contributed by atoms with E-state index in [9.17, 15) is 0 Å². The third-order valence-corrected chi connectivity index (χ3v) is 3.42. The zero-order valence-corrected chi connectivity index (χ0v) is 10.7. The molecule has 0 aliphatic heterocycles. The molecule has 0 unspecified atom stereocenters. The fraction of sp³-hybridized carbons (Fsp3) is 0.500. The number of aliphatic hydroxyl groups excluding tert-OH is 1. The number of aliphatic hydroxyl groups is 1. The van der Waals surface area contributed by atoms with Crippen LogP contribution in [0.3, 0.4) is 0 Å². The molecule has 1 fully saturated rings. The number of aromatic nitrogens is 1. The number of rotatable bonds is 4. The molecule has 1 heterocycles. The van der Waals surface area contributed by atoms with E-state index < -0.39 is 0 Å². The lowest BCUT2D eigenvalue weighted by Crippen LogP contribution is -2.30. The van der Waals surface area contributed by atoms with Crippen LogP contribution in [0.25, 0.3) is 0 Å². The van der Waals surface area contributed by atoms with Gasteiger partial charge in [-0.2, -0.15) is 0 Å². The first-order valence-corrected chi connectivity index (χ1v) is 6.16. The summed E-state index contributed by atoms with van der Waals surface area (Å²) in [5.41, 5.74) is 0. The van der Waals surface area contributed by atoms with Gasteiger partial charge in [-0.15, -0.1) is 0 Å². The van der Waals surface area contributed by atoms with Crippen LogP contribution in [0.5, 0.6) is 0 Å². The number of pyridine rings is 1. The second-order valence-electron chi connectivity index (χ2n) is 3.71. The summed E-state index contributed by atoms with van der Waals surface area (Å²) in [6.07, 6.45) is 2.19. The third kappa shape index (κ3) is 2.54. The highest BCUT2D eigenvalue weighted by Gasteiger charge is 2.31. The fourth-order valence-electron chi connectivity index (χ4n) is 1.59. The monoisotopic (exact) mass is 280 g/mol. The van der Waals surface area contributed by atoms with Crippen LogP contribution in [0.4, 0.5) is 5.82 Å². The van der Waals surface area contributed by atoms with E-state index in [-0.39, 0.29) is 11.8 Å². The Morgan fingerprint density at radius 2 is 2.00 bits per heavy atom. The van der Waals surface area contributed by atoms with Gasteiger partial charge < -0.3 is 10.0 Å². The summed E-state index contributed by atoms with van der Waals surface area (Å²) in [5, 5.41) is 10.1. The first-order chi connectivity index (χ1) is 7.63. The summed E-state index contributed by atoms with van der Waals surface area (Å²) in [6.45, 7) is 0.574. The summed E-state index contributed by atoms with van der Waals surface area (Å²) in [5.74, 6) is 0.604. The smallest absolute Gasteiger partial charge is 0.150 e. The Morgan fingerprint density at radius 3 is 2.56 bits per heavy atom. The number of nitrogens with zero attached hydrogens (tertiary/aromatic N) is 2. The van der Waals surface area contributed by atoms with Crippen LogP contribution in [-0.4, -0.2) is 29.3 Å². The maximum Gasteiger partial charge on any atom is 0.150 e. The third-order valence-electron chi connectivity index (χ3n) is 2.47. The van der Waals surface area contributed by atoms with Crippen molar-refractivity contribution in [3.63, 3.8) is 0 Å². The van der Waals surface area contributed by atoms with Crippen molar-refractivity contribution < 1.29 is 5.11 Å². The standard InChI is InChI=1S/C10H11Cl3N2O/c11-7-5-8(12)10(14-9(7)13)15(3-4-16)6-1-2-6/h5-6,16H,1-4H2. The number of halogens is 3. The van der Waals surface area contributed by atoms with Gasteiger partial charge in [0.25, 0.3) is 0 Å². The molecule has 1 aliphatic rings. The molecule has 1 aromatic rings. The average Bonchev–Trinajstić information content (AvgIpc) is 3.04. The molecule has 1 aliphatic carbocycles. The molecule has 16 heavy (non-hydrogen) atoms. The van der Waals surface area contributed by atoms with Crippen molar-refractivity contribution in [2.75, 3.05) is 18.1 Å². The molecule has 88 valence electrons. The summed E-state index contributed by atoms with van der Waals surface area (Å²) in [7, 11) is 0. The molecule has 1 N–H and O–H groups in total. The van der Waals surface area contributed by atoms with Gasteiger partial charge in [0, 0.05) is 12.6 Å². The Morgan fingerprint density at radius 1 is 1.31 bits per heavy atom. The molecule has 2 rings (SSSR count). The van der Waals surface area contributed by atoms with E-state index in [1.54, 1.807) is 6.07 Å². The van der Waals surface area contributed by atoms with Gasteiger partial charge >= 0.3 is 0 Å². The van der Waals surface area contributed by atoms with Crippen molar-refractivity contribution >= 4 is 40.6 Å². The zero-order valence-electron chi connectivity index (χ0n) is 8.46. The quantitative estimate of drug-likeness (QED) is 0.862. The van der Waals surface area contributed by atoms with E-state index in [4.69, 9.17) is 39.9 Å². The van der Waals surface area contributed by atoms with Crippen LogP contribution >= 0.6 is 34.8 Å². The molecular weight excluding hydrogens is 270 g/mol. The molecule has 0 saturated heterocycles. The SMILES string of the molecule is OCCN(c1nc(Cl)c(Cl)cc1Cl)C1CC1. The fourth-order valence-corrected chi connectivity index (χ4v) is 2.19. The first kappa shape index (κ1) is 12.2. The Labute approximate surface area is 109 Å². The van der Waals surface area contributed by atoms with E-state index in [0.29, 0.717) is 28.4 Å². The maximum atomic E-state index is 9.02. The van der Waals surface area contributed by atoms with Crippen LogP contribution in [0.15, 0.2) is 6.07 Å². The van der Waals surface area contributed by atoms with Crippen LogP contribution in [-0.2, 0) is 0 Å². The van der Waals surface area contributed by atoms with E-state index in [1.165, 1.54) is 0 Å². The van der Waals surface area contributed by atoms with E-state index in [2.05, 4.69) is 4.98 Å². The summed E-state index contributed by atoms with van der Waals surface area (Å²) >= 11 is 17.8. The van der Waals surface area contributed by atoms with Gasteiger partial charge in [0.15, 0.2) is 0 Å². The number of hydrogen-bond acceptors (Lipinski definition) is 3. The van der Waals surface area contributed by atoms with Crippen molar-refractivity contribution in [2.24, 2.45) is 0 Å². The van der Waals surface area contributed by atoms with Gasteiger partial charge in [-0.05, 0) is 18.9 Å². The lowest BCUT2D eigenvalue weighted by molar-refractivity contribution is 0.301. The molecular formula is C10H11Cl3N2O. The van der Waals surface area contributed by atoms with Crippen molar-refractivity contribution in [2.45, 2.75) is 18.9 Å². The molecule has 0 radical (unpaired) electrons. The Kier molecular flexibility index (Phi) is 3.80. The van der Waals surface area contributed by atoms with Crippen LogP contribution in [0.2, 0.25) is 15.2 Å². The number of hydrogen-bond donors (Lipinski definition) is 1. The molecule has 6 heteroatoms. The van der Waals surface area contributed by atoms with Gasteiger partial charge in [0.05, 0.1) is 16.7 Å². The molecule has 0 aromatic carbocycles. The molecule has 0 atom stereocenters. The van der Waals surface area contributed by atoms with Crippen molar-refractivity contribution in [1.29, 1.82) is 0 Å². The van der Waals surface area contributed by atoms with E-state index >= 15 is 0 Å². The Bertz CT molecular complexity index is 396. The van der Waals surface area contributed by atoms with E-state index in [0.717, 1.165) is 12.8 Å². The molecule has 0 amide bonds. The Balaban J connectivity index is 2.32. The van der Waals surface area contributed by atoms with E-state index in [1.807, 2.05) is 4.90 Å². The van der Waals surface area contributed by atoms with Gasteiger partial charge in [0.1, 0.15) is 11.0 Å². The normalized spacial score (nSPS) is 15.2. The van der Waals surface area contributed by atoms with Crippen LogP contribution in [0.1, 0.15) is 12.8 Å². The summed E-state index contributed by atoms with van der Waals surface area (Å²) < 4.78 is 0. The van der Waals surface area contributed by atoms with Crippen LogP contribution in [0, 0.1) is 0 Å². The molecule has 3 nitrogen and oxygen atoms in total. The summed E-state index contributed by atoms with van der Waals surface area (Å²) in [4.78, 5) is 6.15. The minimum atomic E-state index is 0.0642. The lowest BCUT2D eigenvalue weighted by Gasteiger charge is -2.23. The van der Waals surface area contributed by atoms with Crippen molar-refractivity contribution in [1.82, 2.24) is 4.98 Å². The highest BCUT2D eigenvalue weighted by Crippen LogP contribution is 2.36. The van der Waals surface area contributed by atoms with Gasteiger partial charge in [-0.3, -0.25) is 0 Å². The predicted molar refractivity (Wildman–Crippen MR) is 66.7 cm³/mol.